The van der Waals surface area contributed by atoms with Gasteiger partial charge in [0.2, 0.25) is 6.79 Å². The number of benzene rings is 2. The summed E-state index contributed by atoms with van der Waals surface area (Å²) in [6.45, 7) is 2.30. The normalized spacial score (nSPS) is 12.2. The van der Waals surface area contributed by atoms with Gasteiger partial charge >= 0.3 is 5.97 Å². The van der Waals surface area contributed by atoms with Crippen LogP contribution >= 0.6 is 0 Å². The zero-order chi connectivity index (χ0) is 14.8. The molecule has 3 rings (SSSR count). The van der Waals surface area contributed by atoms with E-state index in [2.05, 4.69) is 0 Å². The van der Waals surface area contributed by atoms with Gasteiger partial charge in [-0.05, 0) is 36.8 Å². The molecule has 1 N–H and O–H groups in total. The lowest BCUT2D eigenvalue weighted by atomic mass is 10.1. The quantitative estimate of drug-likeness (QED) is 0.936. The predicted molar refractivity (Wildman–Crippen MR) is 75.0 cm³/mol. The number of rotatable bonds is 4. The molecule has 2 aromatic rings. The van der Waals surface area contributed by atoms with Crippen LogP contribution in [0, 0.1) is 6.92 Å². The highest BCUT2D eigenvalue weighted by atomic mass is 16.7. The predicted octanol–water partition coefficient (Wildman–Crippen LogP) is 3.00. The van der Waals surface area contributed by atoms with Crippen LogP contribution in [0.15, 0.2) is 36.4 Å². The summed E-state index contributed by atoms with van der Waals surface area (Å²) in [6, 6.07) is 10.6. The summed E-state index contributed by atoms with van der Waals surface area (Å²) in [7, 11) is 0. The average Bonchev–Trinajstić information content (AvgIpc) is 2.93. The van der Waals surface area contributed by atoms with Gasteiger partial charge in [0.25, 0.3) is 0 Å². The van der Waals surface area contributed by atoms with E-state index in [1.54, 1.807) is 25.1 Å². The molecular formula is C16H14O5. The second-order valence-electron chi connectivity index (χ2n) is 4.71. The first-order valence-electron chi connectivity index (χ1n) is 6.49. The lowest BCUT2D eigenvalue weighted by molar-refractivity contribution is 0.0695. The minimum absolute atomic E-state index is 0.236. The summed E-state index contributed by atoms with van der Waals surface area (Å²) >= 11 is 0. The summed E-state index contributed by atoms with van der Waals surface area (Å²) in [6.07, 6.45) is 0. The second kappa shape index (κ2) is 5.36. The van der Waals surface area contributed by atoms with E-state index in [9.17, 15) is 4.79 Å². The Morgan fingerprint density at radius 1 is 1.24 bits per heavy atom. The molecule has 0 saturated heterocycles. The fourth-order valence-corrected chi connectivity index (χ4v) is 2.19. The fourth-order valence-electron chi connectivity index (χ4n) is 2.19. The van der Waals surface area contributed by atoms with Crippen molar-refractivity contribution in [2.24, 2.45) is 0 Å². The number of hydrogen-bond donors (Lipinski definition) is 1. The zero-order valence-electron chi connectivity index (χ0n) is 11.5. The molecule has 2 aromatic carbocycles. The number of aromatic carboxylic acids is 1. The molecule has 0 aliphatic carbocycles. The highest BCUT2D eigenvalue weighted by Gasteiger charge is 2.14. The van der Waals surface area contributed by atoms with Crippen molar-refractivity contribution in [3.63, 3.8) is 0 Å². The third-order valence-corrected chi connectivity index (χ3v) is 3.35. The van der Waals surface area contributed by atoms with Crippen molar-refractivity contribution in [1.82, 2.24) is 0 Å². The van der Waals surface area contributed by atoms with Crippen molar-refractivity contribution in [3.05, 3.63) is 53.1 Å². The molecule has 1 heterocycles. The molecular weight excluding hydrogens is 272 g/mol. The van der Waals surface area contributed by atoms with Crippen molar-refractivity contribution >= 4 is 5.97 Å². The molecule has 0 radical (unpaired) electrons. The Balaban J connectivity index is 1.76. The van der Waals surface area contributed by atoms with E-state index in [-0.39, 0.29) is 12.4 Å². The lowest BCUT2D eigenvalue weighted by Crippen LogP contribution is -2.03. The Bertz CT molecular complexity index is 693. The van der Waals surface area contributed by atoms with Crippen molar-refractivity contribution in [3.8, 4) is 17.2 Å². The van der Waals surface area contributed by atoms with Crippen LogP contribution in [-0.4, -0.2) is 17.9 Å². The summed E-state index contributed by atoms with van der Waals surface area (Å²) in [5.74, 6) is 1.03. The van der Waals surface area contributed by atoms with Crippen LogP contribution in [0.1, 0.15) is 21.5 Å². The van der Waals surface area contributed by atoms with Gasteiger partial charge in [0.1, 0.15) is 12.4 Å². The fraction of sp³-hybridized carbons (Fsp3) is 0.188. The highest BCUT2D eigenvalue weighted by molar-refractivity contribution is 5.90. The molecule has 5 heteroatoms. The molecule has 0 amide bonds. The first-order chi connectivity index (χ1) is 10.1. The molecule has 0 aromatic heterocycles. The molecule has 21 heavy (non-hydrogen) atoms. The summed E-state index contributed by atoms with van der Waals surface area (Å²) < 4.78 is 16.3. The maximum absolute atomic E-state index is 11.1. The Morgan fingerprint density at radius 2 is 2.05 bits per heavy atom. The summed E-state index contributed by atoms with van der Waals surface area (Å²) in [4.78, 5) is 11.1. The third-order valence-electron chi connectivity index (χ3n) is 3.35. The van der Waals surface area contributed by atoms with E-state index in [1.165, 1.54) is 0 Å². The van der Waals surface area contributed by atoms with Crippen LogP contribution in [0.3, 0.4) is 0 Å². The SMILES string of the molecule is Cc1c(OCc2ccc3c(c2)OCO3)cccc1C(=O)O. The highest BCUT2D eigenvalue weighted by Crippen LogP contribution is 2.33. The molecule has 5 nitrogen and oxygen atoms in total. The van der Waals surface area contributed by atoms with Gasteiger partial charge in [-0.2, -0.15) is 0 Å². The number of carbonyl (C=O) groups is 1. The Labute approximate surface area is 121 Å². The number of fused-ring (bicyclic) bond motifs is 1. The largest absolute Gasteiger partial charge is 0.489 e. The monoisotopic (exact) mass is 286 g/mol. The van der Waals surface area contributed by atoms with Crippen LogP contribution in [0.5, 0.6) is 17.2 Å². The average molecular weight is 286 g/mol. The minimum Gasteiger partial charge on any atom is -0.489 e. The van der Waals surface area contributed by atoms with E-state index in [0.29, 0.717) is 23.7 Å². The van der Waals surface area contributed by atoms with Gasteiger partial charge in [0.15, 0.2) is 11.5 Å². The molecule has 0 spiro atoms. The molecule has 0 saturated carbocycles. The molecule has 1 aliphatic rings. The maximum atomic E-state index is 11.1. The van der Waals surface area contributed by atoms with Crippen LogP contribution in [-0.2, 0) is 6.61 Å². The third kappa shape index (κ3) is 2.63. The van der Waals surface area contributed by atoms with E-state index in [0.717, 1.165) is 11.3 Å². The van der Waals surface area contributed by atoms with Gasteiger partial charge in [-0.15, -0.1) is 0 Å². The minimum atomic E-state index is -0.957. The Hall–Kier alpha value is -2.69. The van der Waals surface area contributed by atoms with Crippen LogP contribution in [0.4, 0.5) is 0 Å². The first kappa shape index (κ1) is 13.3. The Kier molecular flexibility index (Phi) is 3.39. The standard InChI is InChI=1S/C16H14O5/c1-10-12(16(17)18)3-2-4-13(10)19-8-11-5-6-14-15(7-11)21-9-20-14/h2-7H,8-9H2,1H3,(H,17,18). The molecule has 0 bridgehead atoms. The first-order valence-corrected chi connectivity index (χ1v) is 6.49. The van der Waals surface area contributed by atoms with E-state index < -0.39 is 5.97 Å². The van der Waals surface area contributed by atoms with Crippen LogP contribution < -0.4 is 14.2 Å². The topological polar surface area (TPSA) is 65.0 Å². The smallest absolute Gasteiger partial charge is 0.336 e. The maximum Gasteiger partial charge on any atom is 0.336 e. The van der Waals surface area contributed by atoms with Gasteiger partial charge in [0, 0.05) is 5.56 Å². The van der Waals surface area contributed by atoms with Crippen molar-refractivity contribution in [1.29, 1.82) is 0 Å². The van der Waals surface area contributed by atoms with E-state index in [4.69, 9.17) is 19.3 Å². The van der Waals surface area contributed by atoms with Gasteiger partial charge in [-0.25, -0.2) is 4.79 Å². The summed E-state index contributed by atoms with van der Waals surface area (Å²) in [5, 5.41) is 9.10. The zero-order valence-corrected chi connectivity index (χ0v) is 11.5. The van der Waals surface area contributed by atoms with E-state index in [1.807, 2.05) is 18.2 Å². The molecule has 0 fully saturated rings. The van der Waals surface area contributed by atoms with Gasteiger partial charge in [-0.3, -0.25) is 0 Å². The molecule has 1 aliphatic heterocycles. The van der Waals surface area contributed by atoms with Gasteiger partial charge < -0.3 is 19.3 Å². The number of hydrogen-bond acceptors (Lipinski definition) is 4. The molecule has 108 valence electrons. The number of carboxylic acid groups (broad SMARTS) is 1. The van der Waals surface area contributed by atoms with Crippen LogP contribution in [0.25, 0.3) is 0 Å². The summed E-state index contributed by atoms with van der Waals surface area (Å²) in [5.41, 5.74) is 1.79. The van der Waals surface area contributed by atoms with Crippen molar-refractivity contribution in [2.75, 3.05) is 6.79 Å². The van der Waals surface area contributed by atoms with Gasteiger partial charge in [0.05, 0.1) is 5.56 Å². The number of carboxylic acids is 1. The lowest BCUT2D eigenvalue weighted by Gasteiger charge is -2.11. The van der Waals surface area contributed by atoms with Crippen molar-refractivity contribution in [2.45, 2.75) is 13.5 Å². The molecule has 0 atom stereocenters. The Morgan fingerprint density at radius 3 is 2.86 bits per heavy atom. The van der Waals surface area contributed by atoms with Gasteiger partial charge in [-0.1, -0.05) is 12.1 Å². The second-order valence-corrected chi connectivity index (χ2v) is 4.71. The molecule has 0 unspecified atom stereocenters. The van der Waals surface area contributed by atoms with E-state index >= 15 is 0 Å². The van der Waals surface area contributed by atoms with Crippen LogP contribution in [0.2, 0.25) is 0 Å². The number of ether oxygens (including phenoxy) is 3. The van der Waals surface area contributed by atoms with Crippen molar-refractivity contribution < 1.29 is 24.1 Å².